The van der Waals surface area contributed by atoms with E-state index in [2.05, 4.69) is 82.0 Å². The second-order valence-corrected chi connectivity index (χ2v) is 12.2. The lowest BCUT2D eigenvalue weighted by Gasteiger charge is -2.20. The van der Waals surface area contributed by atoms with Crippen molar-refractivity contribution in [1.82, 2.24) is 4.98 Å². The van der Waals surface area contributed by atoms with Crippen molar-refractivity contribution in [1.29, 1.82) is 0 Å². The third-order valence-electron chi connectivity index (χ3n) is 4.04. The van der Waals surface area contributed by atoms with Gasteiger partial charge in [0.1, 0.15) is 0 Å². The lowest BCUT2D eigenvalue weighted by Crippen LogP contribution is -2.38. The number of rotatable bonds is 2. The molecule has 0 aliphatic rings. The zero-order valence-electron chi connectivity index (χ0n) is 14.1. The fourth-order valence-corrected chi connectivity index (χ4v) is 4.66. The molecule has 0 spiro atoms. The van der Waals surface area contributed by atoms with E-state index in [4.69, 9.17) is 4.98 Å². The van der Waals surface area contributed by atoms with Gasteiger partial charge in [-0.1, -0.05) is 55.0 Å². The Kier molecular flexibility index (Phi) is 3.65. The number of aryl methyl sites for hydroxylation is 2. The number of hydrogen-bond donors (Lipinski definition) is 0. The summed E-state index contributed by atoms with van der Waals surface area (Å²) in [6.45, 7) is 11.5. The molecule has 0 bridgehead atoms. The maximum atomic E-state index is 4.92. The molecular weight excluding hydrogens is 282 g/mol. The van der Waals surface area contributed by atoms with Crippen LogP contribution in [-0.4, -0.2) is 13.1 Å². The van der Waals surface area contributed by atoms with E-state index in [1.54, 1.807) is 0 Å². The maximum absolute atomic E-state index is 4.92. The van der Waals surface area contributed by atoms with Crippen LogP contribution in [-0.2, 0) is 0 Å². The number of pyridine rings is 1. The largest absolute Gasteiger partial charge is 0.248 e. The summed E-state index contributed by atoms with van der Waals surface area (Å²) in [5, 5.41) is 2.81. The van der Waals surface area contributed by atoms with E-state index in [0.717, 1.165) is 11.2 Å². The molecule has 2 aromatic carbocycles. The minimum Gasteiger partial charge on any atom is -0.248 e. The molecule has 1 nitrogen and oxygen atoms in total. The fraction of sp³-hybridized carbons (Fsp3) is 0.250. The average molecular weight is 305 g/mol. The van der Waals surface area contributed by atoms with E-state index in [1.165, 1.54) is 27.3 Å². The first-order valence-electron chi connectivity index (χ1n) is 7.83. The molecule has 0 amide bonds. The molecule has 0 N–H and O–H groups in total. The highest BCUT2D eigenvalue weighted by molar-refractivity contribution is 6.90. The standard InChI is InChI=1S/C20H23NSi/c1-14-10-15(2)12-16(11-14)19-13-20(22(3,4)5)17-8-6-7-9-18(17)21-19/h6-13H,1-5H3. The second kappa shape index (κ2) is 5.36. The molecule has 0 saturated heterocycles. The van der Waals surface area contributed by atoms with Gasteiger partial charge in [0.05, 0.1) is 19.3 Å². The number of para-hydroxylation sites is 1. The average Bonchev–Trinajstić information content (AvgIpc) is 2.44. The first-order valence-corrected chi connectivity index (χ1v) is 11.3. The van der Waals surface area contributed by atoms with Crippen LogP contribution in [0.5, 0.6) is 0 Å². The number of aromatic nitrogens is 1. The van der Waals surface area contributed by atoms with Crippen LogP contribution < -0.4 is 5.19 Å². The summed E-state index contributed by atoms with van der Waals surface area (Å²) in [6.07, 6.45) is 0. The Hall–Kier alpha value is -1.93. The number of benzene rings is 2. The van der Waals surface area contributed by atoms with E-state index in [0.29, 0.717) is 0 Å². The van der Waals surface area contributed by atoms with Gasteiger partial charge in [0.25, 0.3) is 0 Å². The van der Waals surface area contributed by atoms with Crippen LogP contribution in [0.2, 0.25) is 19.6 Å². The first-order chi connectivity index (χ1) is 10.3. The maximum Gasteiger partial charge on any atom is 0.0785 e. The smallest absolute Gasteiger partial charge is 0.0785 e. The topological polar surface area (TPSA) is 12.9 Å². The molecule has 22 heavy (non-hydrogen) atoms. The molecular formula is C20H23NSi. The molecule has 1 heterocycles. The van der Waals surface area contributed by atoms with Crippen molar-refractivity contribution in [3.8, 4) is 11.3 Å². The zero-order chi connectivity index (χ0) is 15.9. The van der Waals surface area contributed by atoms with Crippen LogP contribution in [0.3, 0.4) is 0 Å². The van der Waals surface area contributed by atoms with Crippen molar-refractivity contribution in [2.45, 2.75) is 33.5 Å². The van der Waals surface area contributed by atoms with Crippen LogP contribution in [0.1, 0.15) is 11.1 Å². The highest BCUT2D eigenvalue weighted by Gasteiger charge is 2.21. The van der Waals surface area contributed by atoms with Gasteiger partial charge in [0.2, 0.25) is 0 Å². The second-order valence-electron chi connectivity index (χ2n) is 7.20. The predicted molar refractivity (Wildman–Crippen MR) is 99.6 cm³/mol. The molecule has 3 aromatic rings. The van der Waals surface area contributed by atoms with Crippen molar-refractivity contribution in [3.63, 3.8) is 0 Å². The highest BCUT2D eigenvalue weighted by Crippen LogP contribution is 2.24. The third-order valence-corrected chi connectivity index (χ3v) is 6.07. The zero-order valence-corrected chi connectivity index (χ0v) is 15.1. The molecule has 3 rings (SSSR count). The van der Waals surface area contributed by atoms with E-state index in [9.17, 15) is 0 Å². The Morgan fingerprint density at radius 1 is 0.818 bits per heavy atom. The Morgan fingerprint density at radius 2 is 1.45 bits per heavy atom. The van der Waals surface area contributed by atoms with Crippen molar-refractivity contribution in [2.75, 3.05) is 0 Å². The predicted octanol–water partition coefficient (Wildman–Crippen LogP) is 5.06. The number of fused-ring (bicyclic) bond motifs is 1. The Balaban J connectivity index is 2.31. The lowest BCUT2D eigenvalue weighted by molar-refractivity contribution is 1.35. The van der Waals surface area contributed by atoms with Gasteiger partial charge in [-0.05, 0) is 48.7 Å². The minimum atomic E-state index is -1.43. The summed E-state index contributed by atoms with van der Waals surface area (Å²) >= 11 is 0. The molecule has 0 unspecified atom stereocenters. The minimum absolute atomic E-state index is 1.10. The molecule has 0 aliphatic heterocycles. The molecule has 0 fully saturated rings. The van der Waals surface area contributed by atoms with Crippen LogP contribution in [0.15, 0.2) is 48.5 Å². The van der Waals surface area contributed by atoms with Gasteiger partial charge in [-0.25, -0.2) is 4.98 Å². The quantitative estimate of drug-likeness (QED) is 0.603. The van der Waals surface area contributed by atoms with Gasteiger partial charge in [0.15, 0.2) is 0 Å². The molecule has 2 heteroatoms. The van der Waals surface area contributed by atoms with Crippen molar-refractivity contribution in [3.05, 3.63) is 59.7 Å². The SMILES string of the molecule is Cc1cc(C)cc(-c2cc([Si](C)(C)C)c3ccccc3n2)c1. The Morgan fingerprint density at radius 3 is 2.09 bits per heavy atom. The van der Waals surface area contributed by atoms with Crippen LogP contribution in [0, 0.1) is 13.8 Å². The fourth-order valence-electron chi connectivity index (χ4n) is 3.07. The van der Waals surface area contributed by atoms with Crippen LogP contribution in [0.25, 0.3) is 22.2 Å². The lowest BCUT2D eigenvalue weighted by atomic mass is 10.0. The number of hydrogen-bond acceptors (Lipinski definition) is 1. The van der Waals surface area contributed by atoms with Gasteiger partial charge < -0.3 is 0 Å². The summed E-state index contributed by atoms with van der Waals surface area (Å²) in [4.78, 5) is 4.92. The summed E-state index contributed by atoms with van der Waals surface area (Å²) in [5.74, 6) is 0. The van der Waals surface area contributed by atoms with E-state index < -0.39 is 8.07 Å². The summed E-state index contributed by atoms with van der Waals surface area (Å²) in [6, 6.07) is 17.5. The van der Waals surface area contributed by atoms with Crippen LogP contribution in [0.4, 0.5) is 0 Å². The van der Waals surface area contributed by atoms with E-state index in [1.807, 2.05) is 0 Å². The molecule has 0 aliphatic carbocycles. The first kappa shape index (κ1) is 15.0. The van der Waals surface area contributed by atoms with Crippen molar-refractivity contribution in [2.24, 2.45) is 0 Å². The molecule has 1 aromatic heterocycles. The van der Waals surface area contributed by atoms with Gasteiger partial charge in [-0.15, -0.1) is 0 Å². The Bertz CT molecular complexity index is 824. The summed E-state index contributed by atoms with van der Waals surface area (Å²) in [7, 11) is -1.43. The molecule has 0 atom stereocenters. The molecule has 112 valence electrons. The number of nitrogens with zero attached hydrogens (tertiary/aromatic N) is 1. The monoisotopic (exact) mass is 305 g/mol. The normalized spacial score (nSPS) is 11.9. The summed E-state index contributed by atoms with van der Waals surface area (Å²) in [5.41, 5.74) is 6.02. The van der Waals surface area contributed by atoms with Crippen LogP contribution >= 0.6 is 0 Å². The van der Waals surface area contributed by atoms with Gasteiger partial charge >= 0.3 is 0 Å². The Labute approximate surface area is 134 Å². The van der Waals surface area contributed by atoms with E-state index >= 15 is 0 Å². The van der Waals surface area contributed by atoms with Gasteiger partial charge in [-0.2, -0.15) is 0 Å². The van der Waals surface area contributed by atoms with Gasteiger partial charge in [0, 0.05) is 5.56 Å². The van der Waals surface area contributed by atoms with Gasteiger partial charge in [-0.3, -0.25) is 0 Å². The molecule has 0 radical (unpaired) electrons. The van der Waals surface area contributed by atoms with Crippen molar-refractivity contribution < 1.29 is 0 Å². The molecule has 0 saturated carbocycles. The summed E-state index contributed by atoms with van der Waals surface area (Å²) < 4.78 is 0. The van der Waals surface area contributed by atoms with E-state index in [-0.39, 0.29) is 0 Å². The highest BCUT2D eigenvalue weighted by atomic mass is 28.3. The third kappa shape index (κ3) is 2.84. The van der Waals surface area contributed by atoms with Crippen molar-refractivity contribution >= 4 is 24.2 Å².